The highest BCUT2D eigenvalue weighted by atomic mass is 32.1. The number of nitrogens with zero attached hydrogens (tertiary/aromatic N) is 1. The van der Waals surface area contributed by atoms with Crippen molar-refractivity contribution in [3.63, 3.8) is 0 Å². The van der Waals surface area contributed by atoms with Crippen molar-refractivity contribution in [3.05, 3.63) is 35.9 Å². The molecule has 1 heterocycles. The number of nitrogens with one attached hydrogen (secondary N) is 6. The lowest BCUT2D eigenvalue weighted by atomic mass is 10.0. The van der Waals surface area contributed by atoms with Gasteiger partial charge >= 0.3 is 0 Å². The summed E-state index contributed by atoms with van der Waals surface area (Å²) in [5.74, 6) is -6.10. The monoisotopic (exact) mass is 620 g/mol. The summed E-state index contributed by atoms with van der Waals surface area (Å²) in [5.41, 5.74) is 16.2. The molecular formula is C25H36N10O7S. The number of hydrogen-bond acceptors (Lipinski definition) is 9. The van der Waals surface area contributed by atoms with Gasteiger partial charge < -0.3 is 49.1 Å². The molecule has 1 saturated heterocycles. The number of carbonyl (C=O) groups is 7. The van der Waals surface area contributed by atoms with Crippen LogP contribution in [-0.2, 0) is 33.6 Å². The van der Waals surface area contributed by atoms with Crippen molar-refractivity contribution in [1.82, 2.24) is 31.9 Å². The van der Waals surface area contributed by atoms with Crippen LogP contribution in [-0.4, -0.2) is 90.8 Å². The molecule has 1 aromatic rings. The molecule has 43 heavy (non-hydrogen) atoms. The van der Waals surface area contributed by atoms with E-state index >= 15 is 0 Å². The summed E-state index contributed by atoms with van der Waals surface area (Å²) in [6.45, 7) is -1.04. The van der Waals surface area contributed by atoms with Crippen LogP contribution in [0.3, 0.4) is 0 Å². The highest BCUT2D eigenvalue weighted by Crippen LogP contribution is 2.14. The molecule has 7 amide bonds. The van der Waals surface area contributed by atoms with Crippen LogP contribution in [0, 0.1) is 0 Å². The molecule has 1 aromatic carbocycles. The minimum absolute atomic E-state index is 0.0623. The van der Waals surface area contributed by atoms with Crippen molar-refractivity contribution >= 4 is 59.9 Å². The lowest BCUT2D eigenvalue weighted by molar-refractivity contribution is -0.135. The third-order valence-corrected chi connectivity index (χ3v) is 6.36. The molecule has 12 N–H and O–H groups in total. The molecule has 0 radical (unpaired) electrons. The van der Waals surface area contributed by atoms with Crippen molar-refractivity contribution in [2.75, 3.05) is 25.4 Å². The van der Waals surface area contributed by atoms with Crippen LogP contribution < -0.4 is 49.1 Å². The molecule has 0 aromatic heterocycles. The van der Waals surface area contributed by atoms with Crippen LogP contribution in [0.15, 0.2) is 35.3 Å². The van der Waals surface area contributed by atoms with Crippen molar-refractivity contribution in [1.29, 1.82) is 0 Å². The quantitative estimate of drug-likeness (QED) is 0.0578. The first-order valence-corrected chi connectivity index (χ1v) is 13.8. The standard InChI is InChI=1S/C25H36N10O7S/c26-17(36)9-15-22(40)31-10-18(37)32-14(7-4-8-29-25(27)28)21(39)30-11-19(38)33-16(12-43)23(41)35-20(24(42)34-15)13-5-2-1-3-6-13/h1-3,5-6,14-16,20,43H,4,7-12H2,(H2,26,36)(H,30,39)(H,31,40)(H,32,37)(H,33,38)(H,34,42)(H,35,41)(H4,27,28,29)/t14-,15-,16-,20?/m0/s1. The van der Waals surface area contributed by atoms with E-state index in [-0.39, 0.29) is 31.1 Å². The van der Waals surface area contributed by atoms with Crippen LogP contribution in [0.5, 0.6) is 0 Å². The van der Waals surface area contributed by atoms with Gasteiger partial charge in [0.1, 0.15) is 24.2 Å². The SMILES string of the molecule is NC(=O)C[C@@H]1NC(=O)C(c2ccccc2)NC(=O)[C@H](CS)NC(=O)CNC(=O)[C@H](CCCN=C(N)N)NC(=O)CNC1=O. The smallest absolute Gasteiger partial charge is 0.247 e. The number of nitrogens with two attached hydrogens (primary N) is 3. The van der Waals surface area contributed by atoms with Gasteiger partial charge in [-0.25, -0.2) is 0 Å². The van der Waals surface area contributed by atoms with Gasteiger partial charge in [-0.3, -0.25) is 38.6 Å². The Morgan fingerprint density at radius 2 is 1.35 bits per heavy atom. The highest BCUT2D eigenvalue weighted by Gasteiger charge is 2.32. The second-order valence-corrected chi connectivity index (χ2v) is 9.76. The number of rotatable bonds is 8. The zero-order valence-corrected chi connectivity index (χ0v) is 24.0. The van der Waals surface area contributed by atoms with Gasteiger partial charge in [0.25, 0.3) is 0 Å². The number of benzene rings is 1. The van der Waals surface area contributed by atoms with E-state index in [1.165, 1.54) is 0 Å². The molecule has 1 aliphatic rings. The predicted molar refractivity (Wildman–Crippen MR) is 157 cm³/mol. The van der Waals surface area contributed by atoms with E-state index in [1.807, 2.05) is 0 Å². The van der Waals surface area contributed by atoms with Gasteiger partial charge in [0, 0.05) is 12.3 Å². The van der Waals surface area contributed by atoms with E-state index in [4.69, 9.17) is 17.2 Å². The summed E-state index contributed by atoms with van der Waals surface area (Å²) in [6, 6.07) is 2.73. The summed E-state index contributed by atoms with van der Waals surface area (Å²) in [5, 5.41) is 14.5. The number of aliphatic imine (C=N–C) groups is 1. The Balaban J connectivity index is 2.37. The number of hydrogen-bond donors (Lipinski definition) is 10. The molecule has 0 bridgehead atoms. The fraction of sp³-hybridized carbons (Fsp3) is 0.440. The topological polar surface area (TPSA) is 282 Å². The van der Waals surface area contributed by atoms with Crippen LogP contribution in [0.2, 0.25) is 0 Å². The summed E-state index contributed by atoms with van der Waals surface area (Å²) in [6.07, 6.45) is -0.293. The number of primary amides is 1. The first-order chi connectivity index (χ1) is 20.4. The zero-order chi connectivity index (χ0) is 31.9. The van der Waals surface area contributed by atoms with Gasteiger partial charge in [0.2, 0.25) is 41.4 Å². The fourth-order valence-electron chi connectivity index (χ4n) is 3.89. The van der Waals surface area contributed by atoms with Crippen LogP contribution >= 0.6 is 12.6 Å². The summed E-state index contributed by atoms with van der Waals surface area (Å²) < 4.78 is 0. The van der Waals surface area contributed by atoms with E-state index in [2.05, 4.69) is 49.5 Å². The predicted octanol–water partition coefficient (Wildman–Crippen LogP) is -4.60. The number of carbonyl (C=O) groups excluding carboxylic acids is 7. The molecule has 0 spiro atoms. The van der Waals surface area contributed by atoms with Crippen molar-refractivity contribution < 1.29 is 33.6 Å². The Morgan fingerprint density at radius 1 is 0.767 bits per heavy atom. The maximum atomic E-state index is 13.3. The minimum Gasteiger partial charge on any atom is -0.370 e. The highest BCUT2D eigenvalue weighted by molar-refractivity contribution is 7.80. The van der Waals surface area contributed by atoms with Gasteiger partial charge in [-0.2, -0.15) is 12.6 Å². The van der Waals surface area contributed by atoms with E-state index in [1.54, 1.807) is 30.3 Å². The number of amides is 7. The van der Waals surface area contributed by atoms with Crippen LogP contribution in [0.4, 0.5) is 0 Å². The Labute approximate surface area is 252 Å². The third kappa shape index (κ3) is 11.9. The Hall–Kier alpha value is -4.87. The maximum Gasteiger partial charge on any atom is 0.247 e. The Kier molecular flexibility index (Phi) is 13.7. The molecule has 234 valence electrons. The van der Waals surface area contributed by atoms with Crippen LogP contribution in [0.1, 0.15) is 30.9 Å². The van der Waals surface area contributed by atoms with Gasteiger partial charge in [0.05, 0.1) is 19.5 Å². The lowest BCUT2D eigenvalue weighted by Gasteiger charge is -2.25. The van der Waals surface area contributed by atoms with E-state index in [9.17, 15) is 33.6 Å². The Morgan fingerprint density at radius 3 is 1.91 bits per heavy atom. The van der Waals surface area contributed by atoms with Crippen molar-refractivity contribution in [3.8, 4) is 0 Å². The summed E-state index contributed by atoms with van der Waals surface area (Å²) in [4.78, 5) is 93.0. The number of thiol groups is 1. The van der Waals surface area contributed by atoms with Gasteiger partial charge in [-0.05, 0) is 18.4 Å². The molecule has 2 rings (SSSR count). The average Bonchev–Trinajstić information content (AvgIpc) is 2.96. The molecular weight excluding hydrogens is 584 g/mol. The average molecular weight is 621 g/mol. The zero-order valence-electron chi connectivity index (χ0n) is 23.1. The van der Waals surface area contributed by atoms with Crippen LogP contribution in [0.25, 0.3) is 0 Å². The second-order valence-electron chi connectivity index (χ2n) is 9.39. The van der Waals surface area contributed by atoms with Gasteiger partial charge in [0.15, 0.2) is 5.96 Å². The van der Waals surface area contributed by atoms with E-state index in [0.717, 1.165) is 0 Å². The second kappa shape index (κ2) is 17.2. The van der Waals surface area contributed by atoms with Gasteiger partial charge in [-0.1, -0.05) is 30.3 Å². The molecule has 17 nitrogen and oxygen atoms in total. The summed E-state index contributed by atoms with van der Waals surface area (Å²) >= 11 is 4.12. The maximum absolute atomic E-state index is 13.3. The normalized spacial score (nSPS) is 22.7. The molecule has 1 fully saturated rings. The molecule has 1 unspecified atom stereocenters. The third-order valence-electron chi connectivity index (χ3n) is 6.00. The van der Waals surface area contributed by atoms with Crippen molar-refractivity contribution in [2.45, 2.75) is 43.4 Å². The first kappa shape index (κ1) is 34.3. The Bertz CT molecular complexity index is 1230. The molecule has 18 heteroatoms. The molecule has 1 aliphatic heterocycles. The molecule has 4 atom stereocenters. The minimum atomic E-state index is -1.51. The van der Waals surface area contributed by atoms with Gasteiger partial charge in [-0.15, -0.1) is 0 Å². The first-order valence-electron chi connectivity index (χ1n) is 13.2. The van der Waals surface area contributed by atoms with E-state index in [0.29, 0.717) is 5.56 Å². The largest absolute Gasteiger partial charge is 0.370 e. The number of guanidine groups is 1. The lowest BCUT2D eigenvalue weighted by Crippen LogP contribution is -2.57. The molecule has 0 saturated carbocycles. The van der Waals surface area contributed by atoms with Crippen molar-refractivity contribution in [2.24, 2.45) is 22.2 Å². The molecule has 0 aliphatic carbocycles. The summed E-state index contributed by atoms with van der Waals surface area (Å²) in [7, 11) is 0. The fourth-order valence-corrected chi connectivity index (χ4v) is 4.15. The van der Waals surface area contributed by atoms with E-state index < -0.39 is 85.0 Å².